The molecule has 1 heterocycles. The van der Waals surface area contributed by atoms with Crippen molar-refractivity contribution in [3.05, 3.63) is 65.5 Å². The molecule has 0 spiro atoms. The van der Waals surface area contributed by atoms with Crippen LogP contribution in [0, 0.1) is 12.7 Å². The normalized spacial score (nSPS) is 19.1. The maximum atomic E-state index is 14.5. The van der Waals surface area contributed by atoms with E-state index in [1.165, 1.54) is 35.1 Å². The van der Waals surface area contributed by atoms with Crippen molar-refractivity contribution >= 4 is 23.6 Å². The van der Waals surface area contributed by atoms with Crippen molar-refractivity contribution in [1.29, 1.82) is 0 Å². The Morgan fingerprint density at radius 1 is 1.00 bits per heavy atom. The number of ether oxygens (including phenoxy) is 1. The Bertz CT molecular complexity index is 1120. The second-order valence-electron chi connectivity index (χ2n) is 9.97. The molecule has 2 unspecified atom stereocenters. The van der Waals surface area contributed by atoms with Crippen LogP contribution in [0.15, 0.2) is 48.5 Å². The number of methoxy groups -OCH3 is 1. The largest absolute Gasteiger partial charge is 0.453 e. The lowest BCUT2D eigenvalue weighted by Gasteiger charge is -2.40. The highest BCUT2D eigenvalue weighted by atomic mass is 19.1. The third-order valence-corrected chi connectivity index (χ3v) is 7.46. The Hall–Kier alpha value is -3.42. The molecule has 2 aliphatic rings. The molecule has 0 radical (unpaired) electrons. The Labute approximate surface area is 218 Å². The molecule has 2 atom stereocenters. The monoisotopic (exact) mass is 509 g/mol. The highest BCUT2D eigenvalue weighted by Gasteiger charge is 2.41. The molecule has 2 aromatic carbocycles. The molecule has 1 aliphatic heterocycles. The first-order valence-electron chi connectivity index (χ1n) is 13.2. The van der Waals surface area contributed by atoms with Crippen molar-refractivity contribution in [3.8, 4) is 0 Å². The molecular formula is C29H36FN3O4. The van der Waals surface area contributed by atoms with Crippen LogP contribution < -0.4 is 10.2 Å². The number of carbonyl (C=O) groups is 3. The summed E-state index contributed by atoms with van der Waals surface area (Å²) in [6.07, 6.45) is 6.36. The molecule has 7 nitrogen and oxygen atoms in total. The summed E-state index contributed by atoms with van der Waals surface area (Å²) in [4.78, 5) is 43.7. The second kappa shape index (κ2) is 12.2. The van der Waals surface area contributed by atoms with Crippen molar-refractivity contribution in [2.45, 2.75) is 76.4 Å². The Kier molecular flexibility index (Phi) is 8.79. The summed E-state index contributed by atoms with van der Waals surface area (Å²) >= 11 is 0. The molecule has 1 aliphatic carbocycles. The Balaban J connectivity index is 1.81. The molecule has 198 valence electrons. The fourth-order valence-corrected chi connectivity index (χ4v) is 5.53. The van der Waals surface area contributed by atoms with Crippen LogP contribution in [0.25, 0.3) is 0 Å². The van der Waals surface area contributed by atoms with Crippen molar-refractivity contribution in [1.82, 2.24) is 10.2 Å². The van der Waals surface area contributed by atoms with Crippen LogP contribution in [-0.2, 0) is 14.3 Å². The van der Waals surface area contributed by atoms with Gasteiger partial charge in [-0.3, -0.25) is 19.4 Å². The Morgan fingerprint density at radius 3 is 2.43 bits per heavy atom. The topological polar surface area (TPSA) is 79.0 Å². The van der Waals surface area contributed by atoms with Crippen LogP contribution in [-0.4, -0.2) is 48.5 Å². The number of rotatable bonds is 6. The zero-order valence-electron chi connectivity index (χ0n) is 21.6. The van der Waals surface area contributed by atoms with E-state index in [1.54, 1.807) is 6.07 Å². The van der Waals surface area contributed by atoms with E-state index in [0.717, 1.165) is 50.5 Å². The van der Waals surface area contributed by atoms with Crippen LogP contribution in [0.1, 0.15) is 68.5 Å². The predicted molar refractivity (Wildman–Crippen MR) is 140 cm³/mol. The first-order chi connectivity index (χ1) is 17.9. The van der Waals surface area contributed by atoms with Crippen LogP contribution in [0.4, 0.5) is 14.9 Å². The van der Waals surface area contributed by atoms with E-state index < -0.39 is 29.9 Å². The number of carbonyl (C=O) groups excluding carboxylic acids is 3. The molecule has 1 saturated carbocycles. The SMILES string of the molecule is COC(=O)N1CCCCC1C(=O)N(c1cccc(F)c1)C(C(=O)NC1CCCCC1)c1ccccc1C. The van der Waals surface area contributed by atoms with Gasteiger partial charge in [-0.25, -0.2) is 9.18 Å². The zero-order valence-corrected chi connectivity index (χ0v) is 21.6. The number of anilines is 1. The first kappa shape index (κ1) is 26.6. The number of benzene rings is 2. The summed E-state index contributed by atoms with van der Waals surface area (Å²) < 4.78 is 19.5. The van der Waals surface area contributed by atoms with Gasteiger partial charge >= 0.3 is 6.09 Å². The van der Waals surface area contributed by atoms with Crippen LogP contribution in [0.2, 0.25) is 0 Å². The summed E-state index contributed by atoms with van der Waals surface area (Å²) in [6.45, 7) is 2.27. The van der Waals surface area contributed by atoms with Gasteiger partial charge in [0.2, 0.25) is 5.91 Å². The van der Waals surface area contributed by atoms with Gasteiger partial charge in [-0.2, -0.15) is 0 Å². The van der Waals surface area contributed by atoms with Crippen LogP contribution in [0.3, 0.4) is 0 Å². The van der Waals surface area contributed by atoms with Gasteiger partial charge in [0.1, 0.15) is 17.9 Å². The molecule has 3 amide bonds. The highest BCUT2D eigenvalue weighted by molar-refractivity contribution is 6.04. The number of nitrogens with one attached hydrogen (secondary N) is 1. The van der Waals surface area contributed by atoms with Gasteiger partial charge in [-0.1, -0.05) is 49.6 Å². The molecule has 0 bridgehead atoms. The van der Waals surface area contributed by atoms with E-state index >= 15 is 0 Å². The number of amides is 3. The van der Waals surface area contributed by atoms with Crippen LogP contribution in [0.5, 0.6) is 0 Å². The lowest BCUT2D eigenvalue weighted by atomic mass is 9.93. The molecule has 1 N–H and O–H groups in total. The average molecular weight is 510 g/mol. The van der Waals surface area contributed by atoms with Crippen LogP contribution >= 0.6 is 0 Å². The van der Waals surface area contributed by atoms with Crippen molar-refractivity contribution in [3.63, 3.8) is 0 Å². The number of halogens is 1. The first-order valence-corrected chi connectivity index (χ1v) is 13.2. The summed E-state index contributed by atoms with van der Waals surface area (Å²) in [6, 6.07) is 11.3. The van der Waals surface area contributed by atoms with Gasteiger partial charge < -0.3 is 10.1 Å². The number of piperidine rings is 1. The molecule has 2 fully saturated rings. The predicted octanol–water partition coefficient (Wildman–Crippen LogP) is 5.28. The minimum absolute atomic E-state index is 0.0264. The van der Waals surface area contributed by atoms with E-state index in [0.29, 0.717) is 18.5 Å². The number of nitrogens with zero attached hydrogens (tertiary/aromatic N) is 2. The molecule has 4 rings (SSSR count). The molecule has 37 heavy (non-hydrogen) atoms. The summed E-state index contributed by atoms with van der Waals surface area (Å²) in [7, 11) is 1.29. The molecule has 8 heteroatoms. The minimum atomic E-state index is -1.03. The molecule has 1 saturated heterocycles. The lowest BCUT2D eigenvalue weighted by molar-refractivity contribution is -0.130. The molecular weight excluding hydrogens is 473 g/mol. The lowest BCUT2D eigenvalue weighted by Crippen LogP contribution is -2.56. The number of likely N-dealkylation sites (tertiary alicyclic amines) is 1. The third kappa shape index (κ3) is 6.12. The summed E-state index contributed by atoms with van der Waals surface area (Å²) in [5, 5.41) is 3.18. The van der Waals surface area contributed by atoms with Crippen molar-refractivity contribution in [2.75, 3.05) is 18.6 Å². The van der Waals surface area contributed by atoms with E-state index in [1.807, 2.05) is 31.2 Å². The quantitative estimate of drug-likeness (QED) is 0.575. The number of hydrogen-bond acceptors (Lipinski definition) is 4. The maximum absolute atomic E-state index is 14.5. The van der Waals surface area contributed by atoms with E-state index in [4.69, 9.17) is 4.74 Å². The summed E-state index contributed by atoms with van der Waals surface area (Å²) in [5.74, 6) is -1.25. The standard InChI is InChI=1S/C29H36FN3O4/c1-20-11-6-7-16-24(20)26(27(34)31-22-13-4-3-5-14-22)33(23-15-10-12-21(30)19-23)28(35)25-17-8-9-18-32(25)29(36)37-2/h6-7,10-12,15-16,19,22,25-26H,3-5,8-9,13-14,17-18H2,1-2H3,(H,31,34). The van der Waals surface area contributed by atoms with Gasteiger partial charge in [-0.15, -0.1) is 0 Å². The highest BCUT2D eigenvalue weighted by Crippen LogP contribution is 2.34. The fourth-order valence-electron chi connectivity index (χ4n) is 5.53. The molecule has 0 aromatic heterocycles. The van der Waals surface area contributed by atoms with Gasteiger partial charge in [0.15, 0.2) is 0 Å². The fraction of sp³-hybridized carbons (Fsp3) is 0.483. The zero-order chi connectivity index (χ0) is 26.4. The van der Waals surface area contributed by atoms with Crippen molar-refractivity contribution in [2.24, 2.45) is 0 Å². The van der Waals surface area contributed by atoms with Gasteiger partial charge in [0.05, 0.1) is 7.11 Å². The van der Waals surface area contributed by atoms with Crippen molar-refractivity contribution < 1.29 is 23.5 Å². The average Bonchev–Trinajstić information content (AvgIpc) is 2.92. The van der Waals surface area contributed by atoms with E-state index in [-0.39, 0.29) is 17.6 Å². The second-order valence-corrected chi connectivity index (χ2v) is 9.97. The summed E-state index contributed by atoms with van der Waals surface area (Å²) in [5.41, 5.74) is 1.77. The van der Waals surface area contributed by atoms with Gasteiger partial charge in [-0.05, 0) is 68.4 Å². The number of aryl methyl sites for hydroxylation is 1. The Morgan fingerprint density at radius 2 is 1.73 bits per heavy atom. The molecule has 2 aromatic rings. The number of hydrogen-bond donors (Lipinski definition) is 1. The minimum Gasteiger partial charge on any atom is -0.453 e. The maximum Gasteiger partial charge on any atom is 0.410 e. The van der Waals surface area contributed by atoms with Gasteiger partial charge in [0.25, 0.3) is 5.91 Å². The van der Waals surface area contributed by atoms with E-state index in [2.05, 4.69) is 5.32 Å². The third-order valence-electron chi connectivity index (χ3n) is 7.46. The van der Waals surface area contributed by atoms with E-state index in [9.17, 15) is 18.8 Å². The smallest absolute Gasteiger partial charge is 0.410 e. The van der Waals surface area contributed by atoms with Gasteiger partial charge in [0, 0.05) is 18.3 Å².